The standard InChI is InChI=1S/C18H19F2NO3S/c1-11(14-10-12(23-2)8-9-15(14)24-3)21-17(22)13-6-4-5-7-16(13)25-18(19)20/h4-11,18H,1-3H3,(H,21,22). The molecule has 0 saturated carbocycles. The number of amides is 1. The second kappa shape index (κ2) is 8.71. The largest absolute Gasteiger partial charge is 0.497 e. The molecule has 1 unspecified atom stereocenters. The van der Waals surface area contributed by atoms with Gasteiger partial charge in [-0.2, -0.15) is 8.78 Å². The van der Waals surface area contributed by atoms with Crippen molar-refractivity contribution in [1.29, 1.82) is 0 Å². The highest BCUT2D eigenvalue weighted by atomic mass is 32.2. The minimum atomic E-state index is -2.59. The Morgan fingerprint density at radius 2 is 1.84 bits per heavy atom. The van der Waals surface area contributed by atoms with E-state index in [2.05, 4.69) is 5.32 Å². The molecule has 1 N–H and O–H groups in total. The molecule has 2 aromatic rings. The normalized spacial score (nSPS) is 11.9. The monoisotopic (exact) mass is 367 g/mol. The van der Waals surface area contributed by atoms with Gasteiger partial charge in [-0.25, -0.2) is 0 Å². The molecule has 134 valence electrons. The van der Waals surface area contributed by atoms with Crippen LogP contribution in [0, 0.1) is 0 Å². The van der Waals surface area contributed by atoms with Gasteiger partial charge in [0.05, 0.1) is 25.8 Å². The van der Waals surface area contributed by atoms with E-state index in [1.54, 1.807) is 44.4 Å². The number of carbonyl (C=O) groups is 1. The van der Waals surface area contributed by atoms with Crippen molar-refractivity contribution in [3.8, 4) is 11.5 Å². The summed E-state index contributed by atoms with van der Waals surface area (Å²) in [7, 11) is 3.08. The van der Waals surface area contributed by atoms with Gasteiger partial charge in [-0.15, -0.1) is 0 Å². The van der Waals surface area contributed by atoms with Crippen LogP contribution in [0.15, 0.2) is 47.4 Å². The summed E-state index contributed by atoms with van der Waals surface area (Å²) in [5.74, 6) is -1.79. The van der Waals surface area contributed by atoms with E-state index in [9.17, 15) is 13.6 Å². The van der Waals surface area contributed by atoms with Crippen LogP contribution in [-0.2, 0) is 0 Å². The highest BCUT2D eigenvalue weighted by molar-refractivity contribution is 7.99. The number of benzene rings is 2. The number of hydrogen-bond acceptors (Lipinski definition) is 4. The van der Waals surface area contributed by atoms with Gasteiger partial charge in [0.25, 0.3) is 11.7 Å². The zero-order valence-corrected chi connectivity index (χ0v) is 14.9. The van der Waals surface area contributed by atoms with E-state index < -0.39 is 17.7 Å². The molecule has 0 fully saturated rings. The van der Waals surface area contributed by atoms with Crippen molar-refractivity contribution in [2.45, 2.75) is 23.6 Å². The fraction of sp³-hybridized carbons (Fsp3) is 0.278. The van der Waals surface area contributed by atoms with Crippen molar-refractivity contribution < 1.29 is 23.0 Å². The van der Waals surface area contributed by atoms with Gasteiger partial charge in [-0.1, -0.05) is 23.9 Å². The summed E-state index contributed by atoms with van der Waals surface area (Å²) in [6.45, 7) is 1.79. The summed E-state index contributed by atoms with van der Waals surface area (Å²) >= 11 is 0.351. The molecule has 4 nitrogen and oxygen atoms in total. The van der Waals surface area contributed by atoms with E-state index >= 15 is 0 Å². The number of thioether (sulfide) groups is 1. The maximum absolute atomic E-state index is 12.7. The Morgan fingerprint density at radius 1 is 1.12 bits per heavy atom. The lowest BCUT2D eigenvalue weighted by Crippen LogP contribution is -2.27. The SMILES string of the molecule is COc1ccc(OC)c(C(C)NC(=O)c2ccccc2SC(F)F)c1. The number of ether oxygens (including phenoxy) is 2. The number of alkyl halides is 2. The smallest absolute Gasteiger partial charge is 0.288 e. The van der Waals surface area contributed by atoms with Crippen LogP contribution in [0.5, 0.6) is 11.5 Å². The fourth-order valence-corrected chi connectivity index (χ4v) is 3.02. The van der Waals surface area contributed by atoms with Crippen molar-refractivity contribution in [3.05, 3.63) is 53.6 Å². The highest BCUT2D eigenvalue weighted by Gasteiger charge is 2.19. The minimum Gasteiger partial charge on any atom is -0.497 e. The van der Waals surface area contributed by atoms with Crippen molar-refractivity contribution in [3.63, 3.8) is 0 Å². The first kappa shape index (κ1) is 19.1. The van der Waals surface area contributed by atoms with Crippen molar-refractivity contribution in [1.82, 2.24) is 5.32 Å². The van der Waals surface area contributed by atoms with Crippen molar-refractivity contribution >= 4 is 17.7 Å². The van der Waals surface area contributed by atoms with Crippen LogP contribution >= 0.6 is 11.8 Å². The molecule has 0 saturated heterocycles. The number of nitrogens with one attached hydrogen (secondary N) is 1. The Hall–Kier alpha value is -2.28. The number of rotatable bonds is 7. The quantitative estimate of drug-likeness (QED) is 0.732. The molecular weight excluding hydrogens is 348 g/mol. The second-order valence-electron chi connectivity index (χ2n) is 5.18. The Kier molecular flexibility index (Phi) is 6.64. The van der Waals surface area contributed by atoms with E-state index in [0.717, 1.165) is 5.56 Å². The molecule has 0 aromatic heterocycles. The summed E-state index contributed by atoms with van der Waals surface area (Å²) in [6, 6.07) is 11.2. The zero-order valence-electron chi connectivity index (χ0n) is 14.1. The maximum Gasteiger partial charge on any atom is 0.288 e. The van der Waals surface area contributed by atoms with E-state index in [1.807, 2.05) is 0 Å². The topological polar surface area (TPSA) is 47.6 Å². The molecule has 1 atom stereocenters. The van der Waals surface area contributed by atoms with Crippen LogP contribution in [0.4, 0.5) is 8.78 Å². The Labute approximate surface area is 149 Å². The lowest BCUT2D eigenvalue weighted by molar-refractivity contribution is 0.0936. The molecule has 0 spiro atoms. The van der Waals surface area contributed by atoms with Gasteiger partial charge in [0.1, 0.15) is 11.5 Å². The van der Waals surface area contributed by atoms with Crippen LogP contribution in [0.25, 0.3) is 0 Å². The third kappa shape index (κ3) is 4.85. The van der Waals surface area contributed by atoms with Gasteiger partial charge in [0.2, 0.25) is 0 Å². The van der Waals surface area contributed by atoms with Gasteiger partial charge >= 0.3 is 0 Å². The first-order valence-electron chi connectivity index (χ1n) is 7.53. The lowest BCUT2D eigenvalue weighted by Gasteiger charge is -2.19. The van der Waals surface area contributed by atoms with Crippen molar-refractivity contribution in [2.75, 3.05) is 14.2 Å². The van der Waals surface area contributed by atoms with E-state index in [0.29, 0.717) is 23.3 Å². The first-order valence-corrected chi connectivity index (χ1v) is 8.40. The molecular formula is C18H19F2NO3S. The molecule has 0 aliphatic heterocycles. The predicted octanol–water partition coefficient (Wildman–Crippen LogP) is 4.51. The molecule has 0 bridgehead atoms. The third-order valence-electron chi connectivity index (χ3n) is 3.60. The Morgan fingerprint density at radius 3 is 2.48 bits per heavy atom. The van der Waals surface area contributed by atoms with Gasteiger partial charge in [-0.05, 0) is 37.3 Å². The summed E-state index contributed by atoms with van der Waals surface area (Å²) in [5, 5.41) is 2.82. The second-order valence-corrected chi connectivity index (χ2v) is 6.21. The average Bonchev–Trinajstić information content (AvgIpc) is 2.60. The summed E-state index contributed by atoms with van der Waals surface area (Å²) < 4.78 is 35.9. The molecule has 2 rings (SSSR count). The molecule has 1 amide bonds. The number of carbonyl (C=O) groups excluding carboxylic acids is 1. The maximum atomic E-state index is 12.7. The molecule has 0 aliphatic rings. The molecule has 25 heavy (non-hydrogen) atoms. The summed E-state index contributed by atoms with van der Waals surface area (Å²) in [6.07, 6.45) is 0. The molecule has 0 radical (unpaired) electrons. The van der Waals surface area contributed by atoms with Crippen LogP contribution in [0.3, 0.4) is 0 Å². The van der Waals surface area contributed by atoms with Crippen molar-refractivity contribution in [2.24, 2.45) is 0 Å². The fourth-order valence-electron chi connectivity index (χ4n) is 2.38. The minimum absolute atomic E-state index is 0.210. The average molecular weight is 367 g/mol. The Bertz CT molecular complexity index is 740. The summed E-state index contributed by atoms with van der Waals surface area (Å²) in [5.41, 5.74) is 0.940. The number of hydrogen-bond donors (Lipinski definition) is 1. The lowest BCUT2D eigenvalue weighted by atomic mass is 10.1. The van der Waals surface area contributed by atoms with E-state index in [-0.39, 0.29) is 10.5 Å². The highest BCUT2D eigenvalue weighted by Crippen LogP contribution is 2.31. The van der Waals surface area contributed by atoms with E-state index in [1.165, 1.54) is 19.2 Å². The zero-order chi connectivity index (χ0) is 18.4. The van der Waals surface area contributed by atoms with Gasteiger partial charge < -0.3 is 14.8 Å². The predicted molar refractivity (Wildman–Crippen MR) is 93.7 cm³/mol. The molecule has 0 heterocycles. The third-order valence-corrected chi connectivity index (χ3v) is 4.39. The van der Waals surface area contributed by atoms with Crippen LogP contribution < -0.4 is 14.8 Å². The van der Waals surface area contributed by atoms with Gasteiger partial charge in [0.15, 0.2) is 0 Å². The molecule has 7 heteroatoms. The van der Waals surface area contributed by atoms with Crippen LogP contribution in [0.2, 0.25) is 0 Å². The van der Waals surface area contributed by atoms with Crippen LogP contribution in [0.1, 0.15) is 28.9 Å². The molecule has 2 aromatic carbocycles. The van der Waals surface area contributed by atoms with Crippen LogP contribution in [-0.4, -0.2) is 25.9 Å². The van der Waals surface area contributed by atoms with E-state index in [4.69, 9.17) is 9.47 Å². The number of halogens is 2. The first-order chi connectivity index (χ1) is 12.0. The number of methoxy groups -OCH3 is 2. The van der Waals surface area contributed by atoms with Gasteiger partial charge in [0, 0.05) is 10.5 Å². The van der Waals surface area contributed by atoms with Gasteiger partial charge in [-0.3, -0.25) is 4.79 Å². The Balaban J connectivity index is 2.24. The summed E-state index contributed by atoms with van der Waals surface area (Å²) in [4.78, 5) is 12.8. The molecule has 0 aliphatic carbocycles.